The summed E-state index contributed by atoms with van der Waals surface area (Å²) >= 11 is 0. The van der Waals surface area contributed by atoms with Gasteiger partial charge in [0.15, 0.2) is 0 Å². The third-order valence-electron chi connectivity index (χ3n) is 3.55. The van der Waals surface area contributed by atoms with Crippen molar-refractivity contribution in [2.24, 2.45) is 0 Å². The van der Waals surface area contributed by atoms with Crippen LogP contribution in [0.2, 0.25) is 0 Å². The molecule has 20 heavy (non-hydrogen) atoms. The Bertz CT molecular complexity index is 360. The summed E-state index contributed by atoms with van der Waals surface area (Å²) in [5, 5.41) is 13.3. The fourth-order valence-electron chi connectivity index (χ4n) is 2.47. The lowest BCUT2D eigenvalue weighted by Gasteiger charge is -2.35. The summed E-state index contributed by atoms with van der Waals surface area (Å²) in [6, 6.07) is -0.274. The predicted molar refractivity (Wildman–Crippen MR) is 73.3 cm³/mol. The van der Waals surface area contributed by atoms with Gasteiger partial charge in [-0.15, -0.1) is 0 Å². The lowest BCUT2D eigenvalue weighted by Crippen LogP contribution is -2.43. The van der Waals surface area contributed by atoms with E-state index >= 15 is 0 Å². The van der Waals surface area contributed by atoms with Crippen LogP contribution in [0.3, 0.4) is 0 Å². The van der Waals surface area contributed by atoms with Crippen molar-refractivity contribution in [2.75, 3.05) is 20.1 Å². The Morgan fingerprint density at radius 2 is 2.00 bits per heavy atom. The maximum atomic E-state index is 11.5. The third kappa shape index (κ3) is 6.01. The van der Waals surface area contributed by atoms with E-state index in [-0.39, 0.29) is 24.8 Å². The average Bonchev–Trinajstić information content (AvgIpc) is 2.43. The SMILES string of the molecule is CNC(=O)NC(=O)CCN1CCCCC1CCC(=O)O. The molecule has 7 heteroatoms. The highest BCUT2D eigenvalue weighted by Gasteiger charge is 2.23. The van der Waals surface area contributed by atoms with Crippen molar-refractivity contribution in [1.82, 2.24) is 15.5 Å². The number of aliphatic carboxylic acids is 1. The number of amides is 3. The fraction of sp³-hybridized carbons (Fsp3) is 0.769. The highest BCUT2D eigenvalue weighted by Crippen LogP contribution is 2.20. The second kappa shape index (κ2) is 8.52. The average molecular weight is 285 g/mol. The molecule has 1 atom stereocenters. The molecule has 114 valence electrons. The molecule has 0 bridgehead atoms. The van der Waals surface area contributed by atoms with E-state index in [2.05, 4.69) is 15.5 Å². The summed E-state index contributed by atoms with van der Waals surface area (Å²) in [5.74, 6) is -1.10. The predicted octanol–water partition coefficient (Wildman–Crippen LogP) is 0.551. The number of carbonyl (C=O) groups is 3. The van der Waals surface area contributed by atoms with Crippen LogP contribution in [-0.2, 0) is 9.59 Å². The molecule has 1 aliphatic heterocycles. The Kier molecular flexibility index (Phi) is 7.00. The van der Waals surface area contributed by atoms with E-state index in [1.807, 2.05) is 0 Å². The highest BCUT2D eigenvalue weighted by molar-refractivity contribution is 5.94. The van der Waals surface area contributed by atoms with Crippen LogP contribution in [0.1, 0.15) is 38.5 Å². The molecule has 1 fully saturated rings. The van der Waals surface area contributed by atoms with Gasteiger partial charge in [0.25, 0.3) is 0 Å². The van der Waals surface area contributed by atoms with Gasteiger partial charge in [-0.1, -0.05) is 6.42 Å². The van der Waals surface area contributed by atoms with Crippen molar-refractivity contribution in [3.8, 4) is 0 Å². The van der Waals surface area contributed by atoms with Crippen LogP contribution in [0.4, 0.5) is 4.79 Å². The van der Waals surface area contributed by atoms with E-state index in [9.17, 15) is 14.4 Å². The smallest absolute Gasteiger partial charge is 0.321 e. The summed E-state index contributed by atoms with van der Waals surface area (Å²) in [4.78, 5) is 35.3. The molecular formula is C13H23N3O4. The molecule has 3 N–H and O–H groups in total. The number of hydrogen-bond donors (Lipinski definition) is 3. The first kappa shape index (κ1) is 16.4. The lowest BCUT2D eigenvalue weighted by molar-refractivity contribution is -0.137. The zero-order chi connectivity index (χ0) is 15.0. The standard InChI is InChI=1S/C13H23N3O4/c1-14-13(20)15-11(17)7-9-16-8-3-2-4-10(16)5-6-12(18)19/h10H,2-9H2,1H3,(H,18,19)(H2,14,15,17,20). The molecule has 0 aliphatic carbocycles. The summed E-state index contributed by atoms with van der Waals surface area (Å²) < 4.78 is 0. The number of carbonyl (C=O) groups excluding carboxylic acids is 2. The maximum absolute atomic E-state index is 11.5. The summed E-state index contributed by atoms with van der Waals surface area (Å²) in [6.07, 6.45) is 4.17. The van der Waals surface area contributed by atoms with Crippen LogP contribution < -0.4 is 10.6 Å². The van der Waals surface area contributed by atoms with Crippen molar-refractivity contribution in [3.63, 3.8) is 0 Å². The molecule has 1 saturated heterocycles. The van der Waals surface area contributed by atoms with Crippen molar-refractivity contribution < 1.29 is 19.5 Å². The van der Waals surface area contributed by atoms with E-state index in [0.29, 0.717) is 13.0 Å². The molecule has 0 saturated carbocycles. The Labute approximate surface area is 118 Å². The van der Waals surface area contributed by atoms with Crippen LogP contribution in [0.5, 0.6) is 0 Å². The fourth-order valence-corrected chi connectivity index (χ4v) is 2.47. The first-order chi connectivity index (χ1) is 9.52. The normalized spacial score (nSPS) is 19.4. The Morgan fingerprint density at radius 3 is 2.65 bits per heavy atom. The Morgan fingerprint density at radius 1 is 1.25 bits per heavy atom. The van der Waals surface area contributed by atoms with Gasteiger partial charge in [0.2, 0.25) is 5.91 Å². The molecule has 0 aromatic rings. The molecular weight excluding hydrogens is 262 g/mol. The molecule has 1 aliphatic rings. The molecule has 0 spiro atoms. The van der Waals surface area contributed by atoms with E-state index in [1.54, 1.807) is 0 Å². The number of carboxylic acids is 1. The van der Waals surface area contributed by atoms with Gasteiger partial charge in [-0.25, -0.2) is 4.79 Å². The molecule has 1 rings (SSSR count). The second-order valence-corrected chi connectivity index (χ2v) is 5.00. The van der Waals surface area contributed by atoms with Crippen molar-refractivity contribution in [2.45, 2.75) is 44.6 Å². The molecule has 3 amide bonds. The van der Waals surface area contributed by atoms with Gasteiger partial charge in [0.1, 0.15) is 0 Å². The van der Waals surface area contributed by atoms with Crippen LogP contribution in [0, 0.1) is 0 Å². The minimum atomic E-state index is -0.784. The summed E-state index contributed by atoms with van der Waals surface area (Å²) in [6.45, 7) is 1.45. The lowest BCUT2D eigenvalue weighted by atomic mass is 9.97. The van der Waals surface area contributed by atoms with E-state index in [4.69, 9.17) is 5.11 Å². The summed E-state index contributed by atoms with van der Waals surface area (Å²) in [7, 11) is 1.45. The third-order valence-corrected chi connectivity index (χ3v) is 3.55. The quantitative estimate of drug-likeness (QED) is 0.662. The summed E-state index contributed by atoms with van der Waals surface area (Å²) in [5.41, 5.74) is 0. The Hall–Kier alpha value is -1.63. The van der Waals surface area contributed by atoms with Gasteiger partial charge in [-0.3, -0.25) is 19.8 Å². The monoisotopic (exact) mass is 285 g/mol. The molecule has 0 aromatic heterocycles. The number of rotatable bonds is 6. The highest BCUT2D eigenvalue weighted by atomic mass is 16.4. The van der Waals surface area contributed by atoms with Crippen LogP contribution >= 0.6 is 0 Å². The maximum Gasteiger partial charge on any atom is 0.321 e. The number of imide groups is 1. The van der Waals surface area contributed by atoms with Crippen molar-refractivity contribution >= 4 is 17.9 Å². The number of nitrogens with zero attached hydrogens (tertiary/aromatic N) is 1. The number of carboxylic acid groups (broad SMARTS) is 1. The van der Waals surface area contributed by atoms with Crippen molar-refractivity contribution in [3.05, 3.63) is 0 Å². The number of nitrogens with one attached hydrogen (secondary N) is 2. The number of hydrogen-bond acceptors (Lipinski definition) is 4. The van der Waals surface area contributed by atoms with Gasteiger partial charge in [-0.2, -0.15) is 0 Å². The molecule has 1 unspecified atom stereocenters. The number of piperidine rings is 1. The molecule has 7 nitrogen and oxygen atoms in total. The minimum absolute atomic E-state index is 0.158. The van der Waals surface area contributed by atoms with Gasteiger partial charge >= 0.3 is 12.0 Å². The zero-order valence-corrected chi connectivity index (χ0v) is 11.9. The topological polar surface area (TPSA) is 98.7 Å². The van der Waals surface area contributed by atoms with Gasteiger partial charge < -0.3 is 10.4 Å². The van der Waals surface area contributed by atoms with Crippen molar-refractivity contribution in [1.29, 1.82) is 0 Å². The Balaban J connectivity index is 2.36. The minimum Gasteiger partial charge on any atom is -0.481 e. The van der Waals surface area contributed by atoms with E-state index in [0.717, 1.165) is 25.8 Å². The number of likely N-dealkylation sites (tertiary alicyclic amines) is 1. The first-order valence-corrected chi connectivity index (χ1v) is 7.00. The van der Waals surface area contributed by atoms with Gasteiger partial charge in [0, 0.05) is 32.5 Å². The zero-order valence-electron chi connectivity index (χ0n) is 11.9. The second-order valence-electron chi connectivity index (χ2n) is 5.00. The first-order valence-electron chi connectivity index (χ1n) is 7.00. The van der Waals surface area contributed by atoms with Gasteiger partial charge in [0.05, 0.1) is 0 Å². The largest absolute Gasteiger partial charge is 0.481 e. The van der Waals surface area contributed by atoms with Crippen LogP contribution in [0.25, 0.3) is 0 Å². The van der Waals surface area contributed by atoms with Gasteiger partial charge in [-0.05, 0) is 25.8 Å². The van der Waals surface area contributed by atoms with E-state index in [1.165, 1.54) is 7.05 Å². The molecule has 0 radical (unpaired) electrons. The van der Waals surface area contributed by atoms with Crippen LogP contribution in [0.15, 0.2) is 0 Å². The van der Waals surface area contributed by atoms with Crippen LogP contribution in [-0.4, -0.2) is 54.1 Å². The molecule has 0 aromatic carbocycles. The number of urea groups is 1. The molecule has 1 heterocycles. The van der Waals surface area contributed by atoms with E-state index < -0.39 is 12.0 Å².